The Kier molecular flexibility index (Phi) is 6.87. The molecule has 1 amide bonds. The minimum absolute atomic E-state index is 0.229. The first-order valence-electron chi connectivity index (χ1n) is 9.87. The molecule has 0 aliphatic heterocycles. The topological polar surface area (TPSA) is 83.6 Å². The van der Waals surface area contributed by atoms with E-state index in [0.717, 1.165) is 10.6 Å². The first kappa shape index (κ1) is 22.2. The maximum absolute atomic E-state index is 13.2. The average Bonchev–Trinajstić information content (AvgIpc) is 2.77. The fourth-order valence-electron chi connectivity index (χ4n) is 3.39. The van der Waals surface area contributed by atoms with Gasteiger partial charge >= 0.3 is 0 Å². The van der Waals surface area contributed by atoms with E-state index in [1.165, 1.54) is 0 Å². The Morgan fingerprint density at radius 1 is 0.871 bits per heavy atom. The van der Waals surface area contributed by atoms with Crippen LogP contribution in [-0.2, 0) is 14.8 Å². The number of hydrogen-bond acceptors (Lipinski definition) is 4. The Morgan fingerprint density at radius 2 is 1.42 bits per heavy atom. The number of rotatable bonds is 8. The normalized spacial score (nSPS) is 12.1. The summed E-state index contributed by atoms with van der Waals surface area (Å²) < 4.78 is 26.2. The quantitative estimate of drug-likeness (QED) is 0.539. The summed E-state index contributed by atoms with van der Waals surface area (Å²) in [6.07, 6.45) is 1.32. The van der Waals surface area contributed by atoms with Crippen molar-refractivity contribution < 1.29 is 18.0 Å². The smallest absolute Gasteiger partial charge is 0.248 e. The largest absolute Gasteiger partial charge is 0.324 e. The van der Waals surface area contributed by atoms with Crippen molar-refractivity contribution in [3.8, 4) is 0 Å². The lowest BCUT2D eigenvalue weighted by Gasteiger charge is -2.30. The van der Waals surface area contributed by atoms with Crippen molar-refractivity contribution >= 4 is 33.1 Å². The van der Waals surface area contributed by atoms with Gasteiger partial charge in [-0.05, 0) is 30.7 Å². The summed E-state index contributed by atoms with van der Waals surface area (Å²) in [5, 5.41) is 2.77. The van der Waals surface area contributed by atoms with E-state index >= 15 is 0 Å². The van der Waals surface area contributed by atoms with Gasteiger partial charge in [-0.15, -0.1) is 0 Å². The number of carbonyl (C=O) groups excluding carboxylic acids is 2. The molecule has 0 aliphatic carbocycles. The van der Waals surface area contributed by atoms with Gasteiger partial charge in [-0.2, -0.15) is 0 Å². The Morgan fingerprint density at radius 3 is 2.00 bits per heavy atom. The molecule has 0 heterocycles. The standard InChI is InChI=1S/C24H24N2O4S/c1-3-22(26(31(2,29)30)19-14-8-5-9-15-19)24(28)25-21-17-11-10-16-20(21)23(27)18-12-6-4-7-13-18/h4-17,22H,3H2,1-2H3,(H,25,28)/t22-/m0/s1. The van der Waals surface area contributed by atoms with Crippen LogP contribution < -0.4 is 9.62 Å². The highest BCUT2D eigenvalue weighted by atomic mass is 32.2. The van der Waals surface area contributed by atoms with E-state index in [1.54, 1.807) is 85.8 Å². The molecule has 7 heteroatoms. The van der Waals surface area contributed by atoms with Crippen LogP contribution in [0.15, 0.2) is 84.9 Å². The Bertz CT molecular complexity index is 1160. The highest BCUT2D eigenvalue weighted by Crippen LogP contribution is 2.24. The minimum Gasteiger partial charge on any atom is -0.324 e. The second-order valence-electron chi connectivity index (χ2n) is 7.05. The number of anilines is 2. The number of amides is 1. The molecule has 1 N–H and O–H groups in total. The van der Waals surface area contributed by atoms with Crippen molar-refractivity contribution in [2.45, 2.75) is 19.4 Å². The van der Waals surface area contributed by atoms with E-state index in [9.17, 15) is 18.0 Å². The van der Waals surface area contributed by atoms with Gasteiger partial charge in [0.2, 0.25) is 15.9 Å². The maximum Gasteiger partial charge on any atom is 0.248 e. The third-order valence-corrected chi connectivity index (χ3v) is 5.99. The Labute approximate surface area is 182 Å². The van der Waals surface area contributed by atoms with E-state index in [-0.39, 0.29) is 12.2 Å². The molecule has 3 aromatic rings. The Balaban J connectivity index is 1.94. The molecule has 31 heavy (non-hydrogen) atoms. The molecule has 0 saturated heterocycles. The summed E-state index contributed by atoms with van der Waals surface area (Å²) in [6.45, 7) is 1.74. The number of para-hydroxylation sites is 2. The van der Waals surface area contributed by atoms with Gasteiger partial charge in [-0.25, -0.2) is 8.42 Å². The van der Waals surface area contributed by atoms with Gasteiger partial charge in [-0.3, -0.25) is 13.9 Å². The SMILES string of the molecule is CC[C@@H](C(=O)Nc1ccccc1C(=O)c1ccccc1)N(c1ccccc1)S(C)(=O)=O. The molecule has 3 aromatic carbocycles. The van der Waals surface area contributed by atoms with Crippen LogP contribution in [0.4, 0.5) is 11.4 Å². The molecule has 6 nitrogen and oxygen atoms in total. The van der Waals surface area contributed by atoms with Gasteiger partial charge < -0.3 is 5.32 Å². The molecule has 0 fully saturated rings. The van der Waals surface area contributed by atoms with Crippen LogP contribution in [-0.4, -0.2) is 32.4 Å². The summed E-state index contributed by atoms with van der Waals surface area (Å²) >= 11 is 0. The summed E-state index contributed by atoms with van der Waals surface area (Å²) in [5.41, 5.74) is 1.57. The molecule has 160 valence electrons. The monoisotopic (exact) mass is 436 g/mol. The number of carbonyl (C=O) groups is 2. The number of hydrogen-bond donors (Lipinski definition) is 1. The molecule has 0 radical (unpaired) electrons. The van der Waals surface area contributed by atoms with Crippen molar-refractivity contribution in [1.82, 2.24) is 0 Å². The lowest BCUT2D eigenvalue weighted by molar-refractivity contribution is -0.117. The predicted octanol–water partition coefficient (Wildman–Crippen LogP) is 4.10. The highest BCUT2D eigenvalue weighted by Gasteiger charge is 2.32. The molecular formula is C24H24N2O4S. The third kappa shape index (κ3) is 5.19. The maximum atomic E-state index is 13.2. The van der Waals surface area contributed by atoms with Gasteiger partial charge in [0, 0.05) is 11.1 Å². The lowest BCUT2D eigenvalue weighted by atomic mass is 10.0. The van der Waals surface area contributed by atoms with E-state index in [1.807, 2.05) is 6.07 Å². The number of nitrogens with one attached hydrogen (secondary N) is 1. The van der Waals surface area contributed by atoms with E-state index < -0.39 is 22.0 Å². The van der Waals surface area contributed by atoms with Crippen LogP contribution >= 0.6 is 0 Å². The van der Waals surface area contributed by atoms with E-state index in [4.69, 9.17) is 0 Å². The summed E-state index contributed by atoms with van der Waals surface area (Å²) in [4.78, 5) is 26.1. The fraction of sp³-hybridized carbons (Fsp3) is 0.167. The molecule has 0 unspecified atom stereocenters. The van der Waals surface area contributed by atoms with Crippen molar-refractivity contribution in [3.05, 3.63) is 96.1 Å². The minimum atomic E-state index is -3.73. The number of nitrogens with zero attached hydrogens (tertiary/aromatic N) is 1. The van der Waals surface area contributed by atoms with Crippen molar-refractivity contribution in [1.29, 1.82) is 0 Å². The molecule has 3 rings (SSSR count). The second-order valence-corrected chi connectivity index (χ2v) is 8.91. The fourth-order valence-corrected chi connectivity index (χ4v) is 4.60. The van der Waals surface area contributed by atoms with Crippen LogP contribution in [0.3, 0.4) is 0 Å². The number of benzene rings is 3. The van der Waals surface area contributed by atoms with Crippen LogP contribution in [0.25, 0.3) is 0 Å². The first-order chi connectivity index (χ1) is 14.8. The van der Waals surface area contributed by atoms with Gasteiger partial charge in [-0.1, -0.05) is 67.6 Å². The van der Waals surface area contributed by atoms with E-state index in [2.05, 4.69) is 5.32 Å². The average molecular weight is 437 g/mol. The predicted molar refractivity (Wildman–Crippen MR) is 123 cm³/mol. The van der Waals surface area contributed by atoms with Crippen LogP contribution in [0.5, 0.6) is 0 Å². The molecule has 1 atom stereocenters. The van der Waals surface area contributed by atoms with Gasteiger partial charge in [0.15, 0.2) is 5.78 Å². The zero-order chi connectivity index (χ0) is 22.4. The lowest BCUT2D eigenvalue weighted by Crippen LogP contribution is -2.47. The van der Waals surface area contributed by atoms with Crippen LogP contribution in [0, 0.1) is 0 Å². The molecule has 0 bridgehead atoms. The van der Waals surface area contributed by atoms with E-state index in [0.29, 0.717) is 22.5 Å². The molecule has 0 aromatic heterocycles. The van der Waals surface area contributed by atoms with Crippen LogP contribution in [0.2, 0.25) is 0 Å². The van der Waals surface area contributed by atoms with Crippen molar-refractivity contribution in [2.24, 2.45) is 0 Å². The second kappa shape index (κ2) is 9.57. The Hall–Kier alpha value is -3.45. The molecule has 0 saturated carbocycles. The molecule has 0 spiro atoms. The zero-order valence-electron chi connectivity index (χ0n) is 17.4. The molecular weight excluding hydrogens is 412 g/mol. The summed E-state index contributed by atoms with van der Waals surface area (Å²) in [6, 6.07) is 23.0. The van der Waals surface area contributed by atoms with Crippen LogP contribution in [0.1, 0.15) is 29.3 Å². The van der Waals surface area contributed by atoms with Gasteiger partial charge in [0.25, 0.3) is 0 Å². The van der Waals surface area contributed by atoms with Crippen molar-refractivity contribution in [2.75, 3.05) is 15.9 Å². The first-order valence-corrected chi connectivity index (χ1v) is 11.7. The molecule has 0 aliphatic rings. The summed E-state index contributed by atoms with van der Waals surface area (Å²) in [7, 11) is -3.73. The van der Waals surface area contributed by atoms with Gasteiger partial charge in [0.05, 0.1) is 17.6 Å². The third-order valence-electron chi connectivity index (χ3n) is 4.81. The zero-order valence-corrected chi connectivity index (χ0v) is 18.2. The highest BCUT2D eigenvalue weighted by molar-refractivity contribution is 7.92. The number of sulfonamides is 1. The van der Waals surface area contributed by atoms with Gasteiger partial charge in [0.1, 0.15) is 6.04 Å². The summed E-state index contributed by atoms with van der Waals surface area (Å²) in [5.74, 6) is -0.738. The number of ketones is 1. The van der Waals surface area contributed by atoms with Crippen molar-refractivity contribution in [3.63, 3.8) is 0 Å².